The van der Waals surface area contributed by atoms with Crippen LogP contribution in [0.5, 0.6) is 0 Å². The molecule has 19 heavy (non-hydrogen) atoms. The third-order valence-corrected chi connectivity index (χ3v) is 4.20. The number of hydrogen-bond donors (Lipinski definition) is 1. The smallest absolute Gasteiger partial charge is 0.110 e. The summed E-state index contributed by atoms with van der Waals surface area (Å²) in [5, 5.41) is 2.12. The van der Waals surface area contributed by atoms with Gasteiger partial charge in [0.25, 0.3) is 0 Å². The predicted molar refractivity (Wildman–Crippen MR) is 80.5 cm³/mol. The van der Waals surface area contributed by atoms with Crippen molar-refractivity contribution in [1.82, 2.24) is 9.55 Å². The fourth-order valence-corrected chi connectivity index (χ4v) is 3.09. The number of hydrogen-bond acceptors (Lipinski definition) is 3. The first-order chi connectivity index (χ1) is 9.38. The topological polar surface area (TPSA) is 43.8 Å². The molecule has 0 spiro atoms. The molecule has 0 amide bonds. The average Bonchev–Trinajstić information content (AvgIpc) is 3.05. The lowest BCUT2D eigenvalue weighted by Crippen LogP contribution is -2.13. The lowest BCUT2D eigenvalue weighted by Gasteiger charge is -2.07. The Bertz CT molecular complexity index is 655. The average molecular weight is 271 g/mol. The van der Waals surface area contributed by atoms with Gasteiger partial charge in [0, 0.05) is 24.4 Å². The molecule has 0 unspecified atom stereocenters. The Kier molecular flexibility index (Phi) is 3.62. The maximum atomic E-state index is 5.72. The highest BCUT2D eigenvalue weighted by Gasteiger charge is 2.09. The first-order valence-corrected chi connectivity index (χ1v) is 7.43. The Labute approximate surface area is 116 Å². The van der Waals surface area contributed by atoms with Gasteiger partial charge in [-0.25, -0.2) is 4.98 Å². The van der Waals surface area contributed by atoms with Crippen molar-refractivity contribution in [1.29, 1.82) is 0 Å². The van der Waals surface area contributed by atoms with Gasteiger partial charge in [0.15, 0.2) is 0 Å². The maximum absolute atomic E-state index is 5.72. The van der Waals surface area contributed by atoms with Crippen LogP contribution in [0, 0.1) is 0 Å². The van der Waals surface area contributed by atoms with Crippen LogP contribution in [0.25, 0.3) is 11.0 Å². The zero-order valence-electron chi connectivity index (χ0n) is 10.7. The zero-order chi connectivity index (χ0) is 13.1. The van der Waals surface area contributed by atoms with Crippen molar-refractivity contribution >= 4 is 22.4 Å². The van der Waals surface area contributed by atoms with Gasteiger partial charge in [-0.2, -0.15) is 0 Å². The number of thiophene rings is 1. The molecule has 0 atom stereocenters. The molecular formula is C15H17N3S. The van der Waals surface area contributed by atoms with Gasteiger partial charge in [0.2, 0.25) is 0 Å². The molecule has 0 saturated heterocycles. The van der Waals surface area contributed by atoms with Crippen LogP contribution in [-0.2, 0) is 19.4 Å². The molecule has 0 aliphatic rings. The molecule has 0 saturated carbocycles. The van der Waals surface area contributed by atoms with Crippen molar-refractivity contribution in [2.45, 2.75) is 19.4 Å². The molecule has 0 bridgehead atoms. The van der Waals surface area contributed by atoms with Gasteiger partial charge in [-0.05, 0) is 30.0 Å². The summed E-state index contributed by atoms with van der Waals surface area (Å²) in [5.41, 5.74) is 7.98. The third kappa shape index (κ3) is 2.55. The summed E-state index contributed by atoms with van der Waals surface area (Å²) < 4.78 is 2.25. The van der Waals surface area contributed by atoms with Gasteiger partial charge in [0.1, 0.15) is 5.82 Å². The number of benzene rings is 1. The maximum Gasteiger partial charge on any atom is 0.110 e. The molecule has 0 aliphatic heterocycles. The molecule has 2 heterocycles. The number of rotatable bonds is 5. The number of nitrogens with two attached hydrogens (primary N) is 1. The lowest BCUT2D eigenvalue weighted by molar-refractivity contribution is 0.673. The predicted octanol–water partition coefficient (Wildman–Crippen LogP) is 2.84. The van der Waals surface area contributed by atoms with Crippen molar-refractivity contribution in [2.24, 2.45) is 5.73 Å². The van der Waals surface area contributed by atoms with Crippen LogP contribution in [-0.4, -0.2) is 16.1 Å². The summed E-state index contributed by atoms with van der Waals surface area (Å²) in [4.78, 5) is 6.15. The molecule has 0 aliphatic carbocycles. The Morgan fingerprint density at radius 1 is 1.11 bits per heavy atom. The first-order valence-electron chi connectivity index (χ1n) is 6.55. The van der Waals surface area contributed by atoms with Crippen LogP contribution in [0.1, 0.15) is 10.7 Å². The van der Waals surface area contributed by atoms with Crippen molar-refractivity contribution < 1.29 is 0 Å². The van der Waals surface area contributed by atoms with E-state index in [0.717, 1.165) is 30.7 Å². The summed E-state index contributed by atoms with van der Waals surface area (Å²) >= 11 is 1.81. The Morgan fingerprint density at radius 3 is 2.79 bits per heavy atom. The lowest BCUT2D eigenvalue weighted by atomic mass is 10.2. The van der Waals surface area contributed by atoms with Gasteiger partial charge in [-0.1, -0.05) is 18.2 Å². The normalized spacial score (nSPS) is 11.2. The van der Waals surface area contributed by atoms with Crippen LogP contribution in [0.3, 0.4) is 0 Å². The molecule has 98 valence electrons. The van der Waals surface area contributed by atoms with E-state index in [-0.39, 0.29) is 0 Å². The van der Waals surface area contributed by atoms with Crippen LogP contribution in [0.15, 0.2) is 41.8 Å². The van der Waals surface area contributed by atoms with Gasteiger partial charge in [-0.3, -0.25) is 0 Å². The van der Waals surface area contributed by atoms with E-state index in [2.05, 4.69) is 40.3 Å². The molecule has 2 aromatic heterocycles. The summed E-state index contributed by atoms with van der Waals surface area (Å²) in [7, 11) is 0. The van der Waals surface area contributed by atoms with Crippen LogP contribution in [0.4, 0.5) is 0 Å². The summed E-state index contributed by atoms with van der Waals surface area (Å²) in [6.45, 7) is 1.48. The number of nitrogens with zero attached hydrogens (tertiary/aromatic N) is 2. The molecule has 3 aromatic rings. The Hall–Kier alpha value is -1.65. The van der Waals surface area contributed by atoms with E-state index in [0.29, 0.717) is 6.54 Å². The van der Waals surface area contributed by atoms with Gasteiger partial charge >= 0.3 is 0 Å². The molecule has 0 fully saturated rings. The molecule has 0 radical (unpaired) electrons. The summed E-state index contributed by atoms with van der Waals surface area (Å²) in [5.74, 6) is 1.14. The highest BCUT2D eigenvalue weighted by molar-refractivity contribution is 7.09. The first kappa shape index (κ1) is 12.4. The second-order valence-corrected chi connectivity index (χ2v) is 5.57. The van der Waals surface area contributed by atoms with Crippen molar-refractivity contribution in [2.75, 3.05) is 6.54 Å². The van der Waals surface area contributed by atoms with E-state index in [1.807, 2.05) is 6.07 Å². The summed E-state index contributed by atoms with van der Waals surface area (Å²) in [6, 6.07) is 12.6. The minimum absolute atomic E-state index is 0.645. The SMILES string of the molecule is NCCn1c(CCc2cccs2)nc2ccccc21. The van der Waals surface area contributed by atoms with Crippen molar-refractivity contribution in [3.05, 3.63) is 52.5 Å². The molecule has 2 N–H and O–H groups in total. The zero-order valence-corrected chi connectivity index (χ0v) is 11.6. The van der Waals surface area contributed by atoms with Crippen molar-refractivity contribution in [3.8, 4) is 0 Å². The minimum atomic E-state index is 0.645. The van der Waals surface area contributed by atoms with E-state index in [4.69, 9.17) is 10.7 Å². The van der Waals surface area contributed by atoms with E-state index >= 15 is 0 Å². The van der Waals surface area contributed by atoms with Gasteiger partial charge in [-0.15, -0.1) is 11.3 Å². The quantitative estimate of drug-likeness (QED) is 0.775. The Balaban J connectivity index is 1.90. The highest BCUT2D eigenvalue weighted by atomic mass is 32.1. The summed E-state index contributed by atoms with van der Waals surface area (Å²) in [6.07, 6.45) is 2.01. The van der Waals surface area contributed by atoms with Crippen molar-refractivity contribution in [3.63, 3.8) is 0 Å². The van der Waals surface area contributed by atoms with Gasteiger partial charge in [0.05, 0.1) is 11.0 Å². The molecule has 4 heteroatoms. The molecular weight excluding hydrogens is 254 g/mol. The van der Waals surface area contributed by atoms with E-state index in [9.17, 15) is 0 Å². The second-order valence-electron chi connectivity index (χ2n) is 4.54. The minimum Gasteiger partial charge on any atom is -0.329 e. The standard InChI is InChI=1S/C15H17N3S/c16-9-10-18-14-6-2-1-5-13(14)17-15(18)8-7-12-4-3-11-19-12/h1-6,11H,7-10,16H2. The Morgan fingerprint density at radius 2 is 2.00 bits per heavy atom. The third-order valence-electron chi connectivity index (χ3n) is 3.26. The highest BCUT2D eigenvalue weighted by Crippen LogP contribution is 2.18. The number of imidazole rings is 1. The van der Waals surface area contributed by atoms with Crippen LogP contribution in [0.2, 0.25) is 0 Å². The van der Waals surface area contributed by atoms with Gasteiger partial charge < -0.3 is 10.3 Å². The monoisotopic (exact) mass is 271 g/mol. The van der Waals surface area contributed by atoms with Crippen LogP contribution >= 0.6 is 11.3 Å². The largest absolute Gasteiger partial charge is 0.329 e. The number of fused-ring (bicyclic) bond motifs is 1. The number of aryl methyl sites for hydroxylation is 2. The number of para-hydroxylation sites is 2. The fourth-order valence-electron chi connectivity index (χ4n) is 2.38. The van der Waals surface area contributed by atoms with E-state index in [1.165, 1.54) is 10.4 Å². The molecule has 3 rings (SSSR count). The molecule has 3 nitrogen and oxygen atoms in total. The van der Waals surface area contributed by atoms with E-state index in [1.54, 1.807) is 11.3 Å². The molecule has 1 aromatic carbocycles. The number of aromatic nitrogens is 2. The van der Waals surface area contributed by atoms with Crippen LogP contribution < -0.4 is 5.73 Å². The fraction of sp³-hybridized carbons (Fsp3) is 0.267. The van der Waals surface area contributed by atoms with E-state index < -0.39 is 0 Å². The second kappa shape index (κ2) is 5.55.